The van der Waals surface area contributed by atoms with Crippen LogP contribution in [0, 0.1) is 11.8 Å². The summed E-state index contributed by atoms with van der Waals surface area (Å²) in [4.78, 5) is 106. The molecule has 8 amide bonds. The van der Waals surface area contributed by atoms with Gasteiger partial charge in [-0.2, -0.15) is 10.2 Å². The van der Waals surface area contributed by atoms with Crippen molar-refractivity contribution in [1.29, 1.82) is 0 Å². The number of hydrazone groups is 2. The number of amides is 8. The minimum absolute atomic E-state index is 0.0441. The molecule has 0 bridgehead atoms. The molecule has 4 aromatic rings. The van der Waals surface area contributed by atoms with Gasteiger partial charge in [0, 0.05) is 68.4 Å². The van der Waals surface area contributed by atoms with Crippen molar-refractivity contribution in [2.75, 3.05) is 21.5 Å². The highest BCUT2D eigenvalue weighted by atomic mass is 32.2. The van der Waals surface area contributed by atoms with Gasteiger partial charge in [0.25, 0.3) is 40.1 Å². The molecule has 0 saturated carbocycles. The number of hydrogen-bond acceptors (Lipinski definition) is 24. The van der Waals surface area contributed by atoms with Crippen molar-refractivity contribution in [1.82, 2.24) is 18.9 Å². The van der Waals surface area contributed by atoms with Crippen molar-refractivity contribution in [2.45, 2.75) is 61.1 Å². The predicted molar refractivity (Wildman–Crippen MR) is 339 cm³/mol. The van der Waals surface area contributed by atoms with Crippen molar-refractivity contribution in [3.8, 4) is 0 Å². The summed E-state index contributed by atoms with van der Waals surface area (Å²) in [7, 11) is -17.9. The molecule has 4 aromatic carbocycles. The first-order valence-corrected chi connectivity index (χ1v) is 33.1. The van der Waals surface area contributed by atoms with E-state index in [-0.39, 0.29) is 67.6 Å². The molecule has 36 heteroatoms. The molecule has 0 unspecified atom stereocenters. The van der Waals surface area contributed by atoms with E-state index in [0.717, 1.165) is 60.9 Å². The molecule has 8 rings (SSSR count). The van der Waals surface area contributed by atoms with Crippen LogP contribution in [0.25, 0.3) is 0 Å². The zero-order chi connectivity index (χ0) is 69.4. The molecule has 0 radical (unpaired) electrons. The Bertz CT molecular complexity index is 4560. The number of carbonyl (C=O) groups is 8. The van der Waals surface area contributed by atoms with E-state index >= 15 is 9.59 Å². The van der Waals surface area contributed by atoms with Crippen molar-refractivity contribution < 1.29 is 82.2 Å². The first kappa shape index (κ1) is 68.4. The van der Waals surface area contributed by atoms with Gasteiger partial charge < -0.3 is 43.8 Å². The van der Waals surface area contributed by atoms with Gasteiger partial charge in [-0.3, -0.25) is 30.0 Å². The van der Waals surface area contributed by atoms with Crippen LogP contribution in [-0.4, -0.2) is 103 Å². The van der Waals surface area contributed by atoms with Crippen molar-refractivity contribution in [3.05, 3.63) is 188 Å². The van der Waals surface area contributed by atoms with Crippen LogP contribution in [-0.2, 0) is 59.3 Å². The Hall–Kier alpha value is -11.5. The third-order valence-electron chi connectivity index (χ3n) is 14.2. The molecular formula is C58H56N14O18S4. The number of nitrogens with zero attached hydrogens (tertiary/aromatic N) is 2. The maximum absolute atomic E-state index is 16.3. The molecular weight excluding hydrogens is 1310 g/mol. The number of urea groups is 4. The molecule has 18 N–H and O–H groups in total. The number of hydrogen-bond donors (Lipinski definition) is 14. The normalized spacial score (nSPS) is 17.5. The van der Waals surface area contributed by atoms with Crippen LogP contribution in [0.15, 0.2) is 218 Å². The van der Waals surface area contributed by atoms with E-state index in [1.807, 2.05) is 0 Å². The summed E-state index contributed by atoms with van der Waals surface area (Å²) in [5, 5.41) is 39.0. The van der Waals surface area contributed by atoms with Crippen molar-refractivity contribution >= 4 is 122 Å². The van der Waals surface area contributed by atoms with E-state index in [2.05, 4.69) is 21.5 Å². The largest absolute Gasteiger partial charge is 0.504 e. The number of aliphatic hydroxyl groups excluding tert-OH is 2. The second-order valence-electron chi connectivity index (χ2n) is 21.2. The Morgan fingerprint density at radius 1 is 0.394 bits per heavy atom. The third kappa shape index (κ3) is 13.7. The minimum Gasteiger partial charge on any atom is -0.504 e. The molecule has 0 aromatic heterocycles. The predicted octanol–water partition coefficient (Wildman–Crippen LogP) is 3.84. The molecule has 32 nitrogen and oxygen atoms in total. The zero-order valence-corrected chi connectivity index (χ0v) is 53.1. The lowest BCUT2D eigenvalue weighted by Crippen LogP contribution is -2.38. The van der Waals surface area contributed by atoms with Crippen LogP contribution in [0.2, 0.25) is 0 Å². The number of aliphatic hydroxyl groups is 2. The average Bonchev–Trinajstić information content (AvgIpc) is 0.709. The number of nitrogens with one attached hydrogen (secondary N) is 8. The van der Waals surface area contributed by atoms with Crippen LogP contribution < -0.4 is 63.3 Å². The molecule has 94 heavy (non-hydrogen) atoms. The van der Waals surface area contributed by atoms with Crippen molar-refractivity contribution in [2.24, 2.45) is 45.0 Å². The molecule has 4 aliphatic carbocycles. The van der Waals surface area contributed by atoms with Gasteiger partial charge in [-0.25, -0.2) is 71.7 Å². The average molecular weight is 1370 g/mol. The van der Waals surface area contributed by atoms with Gasteiger partial charge in [-0.1, -0.05) is 27.7 Å². The Labute approximate surface area is 535 Å². The molecule has 0 spiro atoms. The third-order valence-corrected chi connectivity index (χ3v) is 19.7. The molecule has 0 atom stereocenters. The van der Waals surface area contributed by atoms with E-state index in [1.165, 1.54) is 62.4 Å². The maximum Gasteiger partial charge on any atom is 0.326 e. The van der Waals surface area contributed by atoms with Crippen molar-refractivity contribution in [3.63, 3.8) is 0 Å². The molecule has 0 fully saturated rings. The van der Waals surface area contributed by atoms with E-state index < -0.39 is 164 Å². The van der Waals surface area contributed by atoms with Gasteiger partial charge in [0.15, 0.2) is 23.1 Å². The second kappa shape index (κ2) is 26.0. The Kier molecular flexibility index (Phi) is 18.9. The lowest BCUT2D eigenvalue weighted by molar-refractivity contribution is -0.117. The lowest BCUT2D eigenvalue weighted by atomic mass is 9.66. The number of benzene rings is 4. The first-order valence-electron chi connectivity index (χ1n) is 27.2. The lowest BCUT2D eigenvalue weighted by Gasteiger charge is -2.35. The van der Waals surface area contributed by atoms with Gasteiger partial charge in [0.2, 0.25) is 11.6 Å². The number of anilines is 4. The number of allylic oxidation sites excluding steroid dienone is 12. The standard InChI is InChI=1S/C58H56N14O18S4/c1-25(2)39-45-43(37(49(73)53(39)77)23-63-29-7-15-33(16-8-29)91(83,84)69-55(59)79)51(75)41(27(5)47(45)67-65-31-11-19-35(20-12-31)93(87,88)71-57(61)81)42-28(6)48(68-66-32-13-21-36(22-14-32)94(89,90)72-58(62)82)46-40(26(3)4)54(78)50(74)38(44(46)52(42)76)24-64-30-9-17-34(18-10-30)92(85,86)70-56(60)80/h7-26,63-66,77-78H,1-6H3,(H3,59,69,79)(H3,60,70,80)(H3,61,71,81)(H3,62,72,82)/b37-23-,38-24-,67-47+,68-48+. The van der Waals surface area contributed by atoms with Gasteiger partial charge in [-0.05, 0) is 134 Å². The second-order valence-corrected chi connectivity index (χ2v) is 27.9. The summed E-state index contributed by atoms with van der Waals surface area (Å²) in [5.41, 5.74) is 21.3. The highest BCUT2D eigenvalue weighted by molar-refractivity contribution is 7.91. The zero-order valence-electron chi connectivity index (χ0n) is 49.8. The van der Waals surface area contributed by atoms with Crippen LogP contribution in [0.3, 0.4) is 0 Å². The molecule has 4 aliphatic rings. The summed E-state index contributed by atoms with van der Waals surface area (Å²) >= 11 is 0. The summed E-state index contributed by atoms with van der Waals surface area (Å²) < 4.78 is 109. The van der Waals surface area contributed by atoms with Gasteiger partial charge in [-0.15, -0.1) is 0 Å². The number of rotatable bonds is 19. The van der Waals surface area contributed by atoms with Crippen LogP contribution in [0.1, 0.15) is 41.5 Å². The van der Waals surface area contributed by atoms with E-state index in [9.17, 15) is 72.7 Å². The summed E-state index contributed by atoms with van der Waals surface area (Å²) in [6.07, 6.45) is 2.01. The smallest absolute Gasteiger partial charge is 0.326 e. The monoisotopic (exact) mass is 1360 g/mol. The van der Waals surface area contributed by atoms with Crippen LogP contribution >= 0.6 is 0 Å². The highest BCUT2D eigenvalue weighted by Crippen LogP contribution is 2.48. The summed E-state index contributed by atoms with van der Waals surface area (Å²) in [6.45, 7) is 9.00. The SMILES string of the molecule is CC1=C(C2=C(C)/C(=N\Nc3ccc(S(=O)(=O)NC(N)=O)cc3)C3=C(C2=O)/C(=C/Nc2ccc(S(=O)(=O)NC(N)=O)cc2)C(=O)C(O)=C3C(C)C)C(=O)C2=C(C(C(C)C)=C(O)C(=O)/C2=C\Nc2ccc(S(=O)(=O)NC(N)=O)cc2)/C1=N/Nc1ccc(S(=O)(=O)NC(N)=O)cc1. The molecule has 0 saturated heterocycles. The maximum atomic E-state index is 16.3. The number of sulfonamides is 4. The van der Waals surface area contributed by atoms with Crippen LogP contribution in [0.5, 0.6) is 0 Å². The summed E-state index contributed by atoms with van der Waals surface area (Å²) in [6, 6.07) is 12.7. The Morgan fingerprint density at radius 3 is 0.872 bits per heavy atom. The van der Waals surface area contributed by atoms with E-state index in [1.54, 1.807) is 46.6 Å². The Balaban J connectivity index is 1.40. The molecule has 0 heterocycles. The fraction of sp³-hybridized carbons (Fsp3) is 0.138. The van der Waals surface area contributed by atoms with Gasteiger partial charge >= 0.3 is 24.1 Å². The van der Waals surface area contributed by atoms with Crippen LogP contribution in [0.4, 0.5) is 41.9 Å². The fourth-order valence-corrected chi connectivity index (χ4v) is 13.7. The number of primary amides is 4. The number of ketones is 4. The number of Topliss-reactive ketones (excluding diaryl/α,β-unsaturated/α-hetero) is 4. The first-order chi connectivity index (χ1) is 43.9. The highest BCUT2D eigenvalue weighted by Gasteiger charge is 2.49. The van der Waals surface area contributed by atoms with E-state index in [4.69, 9.17) is 33.1 Å². The van der Waals surface area contributed by atoms with Gasteiger partial charge in [0.05, 0.1) is 53.5 Å². The number of carbonyl (C=O) groups excluding carboxylic acids is 8. The summed E-state index contributed by atoms with van der Waals surface area (Å²) in [5.74, 6) is -7.90. The van der Waals surface area contributed by atoms with Gasteiger partial charge in [0.1, 0.15) is 0 Å². The quantitative estimate of drug-likeness (QED) is 0.0360. The fourth-order valence-electron chi connectivity index (χ4n) is 10.1. The molecule has 490 valence electrons. The topological polar surface area (TPSA) is 539 Å². The number of nitrogens with two attached hydrogens (primary N) is 4. The minimum atomic E-state index is -4.48. The Morgan fingerprint density at radius 2 is 0.638 bits per heavy atom. The van der Waals surface area contributed by atoms with E-state index in [0.29, 0.717) is 0 Å². The molecule has 0 aliphatic heterocycles.